The summed E-state index contributed by atoms with van der Waals surface area (Å²) in [5, 5.41) is 2.98. The first-order valence-electron chi connectivity index (χ1n) is 7.90. The third kappa shape index (κ3) is 6.68. The fourth-order valence-electron chi connectivity index (χ4n) is 2.66. The Morgan fingerprint density at radius 3 is 2.57 bits per heavy atom. The van der Waals surface area contributed by atoms with Gasteiger partial charge in [-0.1, -0.05) is 31.2 Å². The molecule has 6 heteroatoms. The predicted octanol–water partition coefficient (Wildman–Crippen LogP) is 2.38. The Balaban J connectivity index is 0.00000242. The van der Waals surface area contributed by atoms with Crippen LogP contribution in [0.2, 0.25) is 0 Å². The summed E-state index contributed by atoms with van der Waals surface area (Å²) in [4.78, 5) is 14.3. The highest BCUT2D eigenvalue weighted by Gasteiger charge is 2.17. The average Bonchev–Trinajstić information content (AvgIpc) is 2.50. The van der Waals surface area contributed by atoms with Gasteiger partial charge in [0.25, 0.3) is 0 Å². The van der Waals surface area contributed by atoms with Gasteiger partial charge in [0.1, 0.15) is 0 Å². The number of nitrogens with two attached hydrogens (primary N) is 1. The normalized spacial score (nSPS) is 16.3. The molecule has 2 unspecified atom stereocenters. The molecule has 23 heavy (non-hydrogen) atoms. The summed E-state index contributed by atoms with van der Waals surface area (Å²) in [6.07, 6.45) is 2.11. The summed E-state index contributed by atoms with van der Waals surface area (Å²) in [6.45, 7) is 7.65. The number of nitrogens with zero attached hydrogens (tertiary/aromatic N) is 1. The number of benzene rings is 1. The molecule has 0 aromatic heterocycles. The summed E-state index contributed by atoms with van der Waals surface area (Å²) in [5.74, 6) is -0.0548. The van der Waals surface area contributed by atoms with Crippen LogP contribution in [0.15, 0.2) is 24.3 Å². The van der Waals surface area contributed by atoms with E-state index in [9.17, 15) is 4.79 Å². The number of nitrogens with one attached hydrogen (secondary N) is 1. The van der Waals surface area contributed by atoms with Crippen LogP contribution in [-0.4, -0.2) is 36.5 Å². The molecule has 0 aliphatic carbocycles. The zero-order chi connectivity index (χ0) is 15.2. The molecule has 132 valence electrons. The largest absolute Gasteiger partial charge is 0.356 e. The molecule has 2 atom stereocenters. The van der Waals surface area contributed by atoms with E-state index in [1.165, 1.54) is 11.1 Å². The fourth-order valence-corrected chi connectivity index (χ4v) is 2.66. The van der Waals surface area contributed by atoms with Crippen LogP contribution < -0.4 is 11.1 Å². The second-order valence-corrected chi connectivity index (χ2v) is 6.09. The molecule has 1 aromatic carbocycles. The van der Waals surface area contributed by atoms with Crippen LogP contribution in [0.4, 0.5) is 0 Å². The molecule has 1 aromatic rings. The lowest BCUT2D eigenvalue weighted by Gasteiger charge is -2.28. The van der Waals surface area contributed by atoms with Gasteiger partial charge in [0.2, 0.25) is 5.91 Å². The van der Waals surface area contributed by atoms with Crippen LogP contribution in [0.1, 0.15) is 31.4 Å². The van der Waals surface area contributed by atoms with Crippen molar-refractivity contribution >= 4 is 30.7 Å². The van der Waals surface area contributed by atoms with Crippen LogP contribution in [0.25, 0.3) is 0 Å². The summed E-state index contributed by atoms with van der Waals surface area (Å²) >= 11 is 0. The maximum absolute atomic E-state index is 11.8. The van der Waals surface area contributed by atoms with Crippen molar-refractivity contribution in [2.75, 3.05) is 19.6 Å². The summed E-state index contributed by atoms with van der Waals surface area (Å²) < 4.78 is 0. The first-order chi connectivity index (χ1) is 10.1. The zero-order valence-corrected chi connectivity index (χ0v) is 15.6. The van der Waals surface area contributed by atoms with Crippen molar-refractivity contribution in [3.8, 4) is 0 Å². The van der Waals surface area contributed by atoms with E-state index in [1.54, 1.807) is 0 Å². The molecule has 3 N–H and O–H groups in total. The molecule has 2 rings (SSSR count). The number of fused-ring (bicyclic) bond motifs is 1. The van der Waals surface area contributed by atoms with Crippen molar-refractivity contribution in [1.82, 2.24) is 10.2 Å². The molecular formula is C17H29Cl2N3O. The second-order valence-electron chi connectivity index (χ2n) is 6.09. The van der Waals surface area contributed by atoms with Gasteiger partial charge in [0, 0.05) is 38.1 Å². The van der Waals surface area contributed by atoms with E-state index < -0.39 is 0 Å². The Labute approximate surface area is 152 Å². The van der Waals surface area contributed by atoms with Crippen molar-refractivity contribution in [1.29, 1.82) is 0 Å². The molecule has 0 saturated carbocycles. The molecule has 0 bridgehead atoms. The number of halogens is 2. The Kier molecular flexibility index (Phi) is 10.5. The van der Waals surface area contributed by atoms with E-state index in [2.05, 4.69) is 34.5 Å². The van der Waals surface area contributed by atoms with Crippen LogP contribution in [-0.2, 0) is 17.8 Å². The van der Waals surface area contributed by atoms with Crippen molar-refractivity contribution < 1.29 is 4.79 Å². The smallest absolute Gasteiger partial charge is 0.224 e. The van der Waals surface area contributed by atoms with E-state index in [-0.39, 0.29) is 42.7 Å². The highest BCUT2D eigenvalue weighted by molar-refractivity contribution is 5.85. The van der Waals surface area contributed by atoms with Gasteiger partial charge >= 0.3 is 0 Å². The number of hydrogen-bond donors (Lipinski definition) is 2. The molecule has 1 amide bonds. The number of rotatable bonds is 6. The Hall–Kier alpha value is -0.810. The molecular weight excluding hydrogens is 333 g/mol. The minimum atomic E-state index is -0.119. The molecule has 1 aliphatic heterocycles. The molecule has 0 spiro atoms. The van der Waals surface area contributed by atoms with Crippen molar-refractivity contribution in [3.63, 3.8) is 0 Å². The quantitative estimate of drug-likeness (QED) is 0.764. The van der Waals surface area contributed by atoms with E-state index >= 15 is 0 Å². The molecule has 4 nitrogen and oxygen atoms in total. The van der Waals surface area contributed by atoms with E-state index in [4.69, 9.17) is 5.73 Å². The highest BCUT2D eigenvalue weighted by atomic mass is 35.5. The Morgan fingerprint density at radius 1 is 1.26 bits per heavy atom. The van der Waals surface area contributed by atoms with Crippen molar-refractivity contribution in [2.24, 2.45) is 11.7 Å². The highest BCUT2D eigenvalue weighted by Crippen LogP contribution is 2.18. The molecule has 1 aliphatic rings. The molecule has 0 radical (unpaired) electrons. The van der Waals surface area contributed by atoms with Crippen molar-refractivity contribution in [2.45, 2.75) is 39.3 Å². The number of hydrogen-bond acceptors (Lipinski definition) is 3. The van der Waals surface area contributed by atoms with E-state index in [0.29, 0.717) is 0 Å². The van der Waals surface area contributed by atoms with Crippen LogP contribution in [0.5, 0.6) is 0 Å². The van der Waals surface area contributed by atoms with E-state index in [1.807, 2.05) is 13.8 Å². The maximum atomic E-state index is 11.8. The van der Waals surface area contributed by atoms with Gasteiger partial charge < -0.3 is 11.1 Å². The van der Waals surface area contributed by atoms with E-state index in [0.717, 1.165) is 39.0 Å². The second kappa shape index (κ2) is 10.9. The number of carbonyl (C=O) groups is 1. The zero-order valence-electron chi connectivity index (χ0n) is 14.0. The molecule has 0 fully saturated rings. The standard InChI is InChI=1S/C17H27N3O.2ClH/c1-13(14(2)18)17(21)19-9-5-10-20-11-8-15-6-3-4-7-16(15)12-20;;/h3-4,6-7,13-14H,5,8-12,18H2,1-2H3,(H,19,21);2*1H. The van der Waals surface area contributed by atoms with Gasteiger partial charge in [0.15, 0.2) is 0 Å². The minimum Gasteiger partial charge on any atom is -0.356 e. The predicted molar refractivity (Wildman–Crippen MR) is 100 cm³/mol. The summed E-state index contributed by atoms with van der Waals surface area (Å²) in [6, 6.07) is 8.57. The van der Waals surface area contributed by atoms with Crippen LogP contribution in [0, 0.1) is 5.92 Å². The Bertz CT molecular complexity index is 483. The Morgan fingerprint density at radius 2 is 1.91 bits per heavy atom. The molecule has 1 heterocycles. The lowest BCUT2D eigenvalue weighted by molar-refractivity contribution is -0.124. The van der Waals surface area contributed by atoms with Gasteiger partial charge in [-0.3, -0.25) is 9.69 Å². The number of amides is 1. The van der Waals surface area contributed by atoms with Gasteiger partial charge in [-0.2, -0.15) is 0 Å². The first-order valence-corrected chi connectivity index (χ1v) is 7.90. The SMILES string of the molecule is CC(N)C(C)C(=O)NCCCN1CCc2ccccc2C1.Cl.Cl. The van der Waals surface area contributed by atoms with Gasteiger partial charge in [-0.25, -0.2) is 0 Å². The van der Waals surface area contributed by atoms with Crippen molar-refractivity contribution in [3.05, 3.63) is 35.4 Å². The number of carbonyl (C=O) groups excluding carboxylic acids is 1. The monoisotopic (exact) mass is 361 g/mol. The topological polar surface area (TPSA) is 58.4 Å². The van der Waals surface area contributed by atoms with Gasteiger partial charge in [-0.15, -0.1) is 24.8 Å². The van der Waals surface area contributed by atoms with Gasteiger partial charge in [0.05, 0.1) is 0 Å². The van der Waals surface area contributed by atoms with Crippen LogP contribution >= 0.6 is 24.8 Å². The average molecular weight is 362 g/mol. The summed E-state index contributed by atoms with van der Waals surface area (Å²) in [5.41, 5.74) is 8.66. The van der Waals surface area contributed by atoms with Gasteiger partial charge in [-0.05, 0) is 30.9 Å². The fraction of sp³-hybridized carbons (Fsp3) is 0.588. The maximum Gasteiger partial charge on any atom is 0.224 e. The minimum absolute atomic E-state index is 0. The first kappa shape index (κ1) is 22.2. The lowest BCUT2D eigenvalue weighted by atomic mass is 10.00. The summed E-state index contributed by atoms with van der Waals surface area (Å²) in [7, 11) is 0. The van der Waals surface area contributed by atoms with Crippen LogP contribution in [0.3, 0.4) is 0 Å². The third-order valence-electron chi connectivity index (χ3n) is 4.36. The molecule has 0 saturated heterocycles. The third-order valence-corrected chi connectivity index (χ3v) is 4.36. The lowest BCUT2D eigenvalue weighted by Crippen LogP contribution is -2.40.